The molecule has 170 valence electrons. The quantitative estimate of drug-likeness (QED) is 0.524. The summed E-state index contributed by atoms with van der Waals surface area (Å²) in [5.41, 5.74) is -1.74. The van der Waals surface area contributed by atoms with Crippen LogP contribution in [0, 0.1) is 11.6 Å². The van der Waals surface area contributed by atoms with E-state index in [1.807, 2.05) is 0 Å². The monoisotopic (exact) mass is 471 g/mol. The van der Waals surface area contributed by atoms with Gasteiger partial charge in [0.15, 0.2) is 5.82 Å². The molecule has 1 fully saturated rings. The molecule has 2 aliphatic heterocycles. The van der Waals surface area contributed by atoms with Crippen molar-refractivity contribution in [3.63, 3.8) is 0 Å². The van der Waals surface area contributed by atoms with Gasteiger partial charge in [-0.1, -0.05) is 0 Å². The molecule has 1 atom stereocenters. The summed E-state index contributed by atoms with van der Waals surface area (Å²) in [7, 11) is 0. The topological polar surface area (TPSA) is 80.8 Å². The summed E-state index contributed by atoms with van der Waals surface area (Å²) in [5.74, 6) is -3.90. The van der Waals surface area contributed by atoms with Crippen LogP contribution >= 0.6 is 12.0 Å². The molecule has 0 spiro atoms. The Morgan fingerprint density at radius 1 is 1.22 bits per heavy atom. The van der Waals surface area contributed by atoms with E-state index < -0.39 is 51.9 Å². The number of rotatable bonds is 5. The van der Waals surface area contributed by atoms with Gasteiger partial charge >= 0.3 is 6.61 Å². The molecule has 1 aromatic heterocycles. The highest BCUT2D eigenvalue weighted by molar-refractivity contribution is 7.97. The summed E-state index contributed by atoms with van der Waals surface area (Å²) >= 11 is 1.04. The summed E-state index contributed by atoms with van der Waals surface area (Å²) in [6.07, 6.45) is 0.628. The number of hydrogen-bond acceptors (Lipinski definition) is 6. The maximum Gasteiger partial charge on any atom is 0.388 e. The van der Waals surface area contributed by atoms with Gasteiger partial charge in [0.2, 0.25) is 11.8 Å². The third-order valence-electron chi connectivity index (χ3n) is 5.20. The number of anilines is 2. The fourth-order valence-corrected chi connectivity index (χ4v) is 4.11. The standard InChI is InChI=1S/C20H17F4N3O4S/c1-19(2)10-4-9(16(28)26-20(3)8-30-32-20)11(21)5-13(10)27(17(19)29)14-6-15(31-18(23)24)25-7-12(14)22/h4-7,18H,8H2,1-3H3,(H,26,28). The lowest BCUT2D eigenvalue weighted by atomic mass is 9.85. The number of halogens is 4. The first-order valence-corrected chi connectivity index (χ1v) is 10.1. The Hall–Kier alpha value is -2.86. The summed E-state index contributed by atoms with van der Waals surface area (Å²) in [4.78, 5) is 29.4. The van der Waals surface area contributed by atoms with E-state index in [9.17, 15) is 27.2 Å². The lowest BCUT2D eigenvalue weighted by Crippen LogP contribution is -2.52. The molecule has 4 rings (SSSR count). The third-order valence-corrected chi connectivity index (χ3v) is 6.02. The number of nitrogens with one attached hydrogen (secondary N) is 1. The highest BCUT2D eigenvalue weighted by atomic mass is 32.2. The molecule has 1 N–H and O–H groups in total. The predicted molar refractivity (Wildman–Crippen MR) is 107 cm³/mol. The summed E-state index contributed by atoms with van der Waals surface area (Å²) in [6, 6.07) is 3.01. The van der Waals surface area contributed by atoms with Crippen molar-refractivity contribution in [1.82, 2.24) is 10.3 Å². The molecule has 32 heavy (non-hydrogen) atoms. The first-order chi connectivity index (χ1) is 14.9. The van der Waals surface area contributed by atoms with Crippen LogP contribution in [0.3, 0.4) is 0 Å². The van der Waals surface area contributed by atoms with Gasteiger partial charge in [0.25, 0.3) is 5.91 Å². The van der Waals surface area contributed by atoms with Gasteiger partial charge in [-0.3, -0.25) is 14.5 Å². The van der Waals surface area contributed by atoms with E-state index in [2.05, 4.69) is 15.0 Å². The van der Waals surface area contributed by atoms with Gasteiger partial charge in [-0.25, -0.2) is 13.8 Å². The Kier molecular flexibility index (Phi) is 5.32. The van der Waals surface area contributed by atoms with Crippen LogP contribution in [0.15, 0.2) is 24.4 Å². The van der Waals surface area contributed by atoms with Gasteiger partial charge in [0, 0.05) is 18.1 Å². The van der Waals surface area contributed by atoms with Gasteiger partial charge in [-0.2, -0.15) is 8.78 Å². The molecule has 3 heterocycles. The van der Waals surface area contributed by atoms with Gasteiger partial charge in [0.1, 0.15) is 10.7 Å². The zero-order valence-corrected chi connectivity index (χ0v) is 17.9. The van der Waals surface area contributed by atoms with Crippen LogP contribution in [0.5, 0.6) is 5.88 Å². The van der Waals surface area contributed by atoms with Gasteiger partial charge in [-0.15, -0.1) is 0 Å². The van der Waals surface area contributed by atoms with Gasteiger partial charge in [-0.05, 0) is 38.5 Å². The minimum atomic E-state index is -3.21. The Morgan fingerprint density at radius 2 is 1.91 bits per heavy atom. The molecule has 7 nitrogen and oxygen atoms in total. The predicted octanol–water partition coefficient (Wildman–Crippen LogP) is 4.04. The molecule has 2 aliphatic rings. The number of alkyl halides is 2. The van der Waals surface area contributed by atoms with Crippen molar-refractivity contribution in [3.05, 3.63) is 47.2 Å². The Labute approximate surface area is 184 Å². The van der Waals surface area contributed by atoms with Crippen LogP contribution < -0.4 is 15.0 Å². The normalized spacial score (nSPS) is 21.4. The van der Waals surface area contributed by atoms with E-state index in [4.69, 9.17) is 4.18 Å². The molecule has 0 saturated carbocycles. The maximum atomic E-state index is 14.9. The summed E-state index contributed by atoms with van der Waals surface area (Å²) in [6.45, 7) is 1.81. The molecule has 1 saturated heterocycles. The van der Waals surface area contributed by atoms with E-state index in [1.54, 1.807) is 6.92 Å². The molecule has 2 aromatic rings. The zero-order chi connectivity index (χ0) is 23.4. The molecule has 0 radical (unpaired) electrons. The molecule has 1 aromatic carbocycles. The Balaban J connectivity index is 1.78. The van der Waals surface area contributed by atoms with Crippen LogP contribution in [0.2, 0.25) is 0 Å². The number of fused-ring (bicyclic) bond motifs is 1. The van der Waals surface area contributed by atoms with Crippen molar-refractivity contribution in [2.45, 2.75) is 37.7 Å². The second-order valence-electron chi connectivity index (χ2n) is 8.00. The fraction of sp³-hybridized carbons (Fsp3) is 0.350. The number of carbonyl (C=O) groups excluding carboxylic acids is 2. The number of hydrogen-bond donors (Lipinski definition) is 1. The van der Waals surface area contributed by atoms with Crippen molar-refractivity contribution in [2.24, 2.45) is 0 Å². The molecule has 1 unspecified atom stereocenters. The van der Waals surface area contributed by atoms with Gasteiger partial charge < -0.3 is 14.2 Å². The largest absolute Gasteiger partial charge is 0.417 e. The Bertz CT molecular complexity index is 1120. The van der Waals surface area contributed by atoms with Crippen LogP contribution in [0.25, 0.3) is 0 Å². The number of benzene rings is 1. The SMILES string of the molecule is CC1(NC(=O)c2cc3c(cc2F)N(c2cc(OC(F)F)ncc2F)C(=O)C3(C)C)COS1. The number of ether oxygens (including phenoxy) is 1. The van der Waals surface area contributed by atoms with E-state index in [0.29, 0.717) is 6.20 Å². The minimum absolute atomic E-state index is 0.0188. The first kappa shape index (κ1) is 22.3. The highest BCUT2D eigenvalue weighted by Crippen LogP contribution is 2.47. The number of aromatic nitrogens is 1. The molecule has 12 heteroatoms. The van der Waals surface area contributed by atoms with E-state index in [0.717, 1.165) is 29.1 Å². The molecule has 0 bridgehead atoms. The number of nitrogens with zero attached hydrogens (tertiary/aromatic N) is 2. The molecular formula is C20H17F4N3O4S. The number of carbonyl (C=O) groups is 2. The fourth-order valence-electron chi connectivity index (χ4n) is 3.50. The Morgan fingerprint density at radius 3 is 2.50 bits per heavy atom. The molecule has 0 aliphatic carbocycles. The van der Waals surface area contributed by atoms with Crippen LogP contribution in [0.1, 0.15) is 36.7 Å². The number of amides is 2. The maximum absolute atomic E-state index is 14.9. The van der Waals surface area contributed by atoms with E-state index in [-0.39, 0.29) is 23.4 Å². The van der Waals surface area contributed by atoms with Gasteiger partial charge in [0.05, 0.1) is 35.2 Å². The third kappa shape index (κ3) is 3.66. The van der Waals surface area contributed by atoms with Crippen molar-refractivity contribution in [2.75, 3.05) is 11.5 Å². The molecular weight excluding hydrogens is 454 g/mol. The minimum Gasteiger partial charge on any atom is -0.417 e. The van der Waals surface area contributed by atoms with Crippen molar-refractivity contribution in [1.29, 1.82) is 0 Å². The van der Waals surface area contributed by atoms with Crippen LogP contribution in [0.4, 0.5) is 28.9 Å². The lowest BCUT2D eigenvalue weighted by molar-refractivity contribution is -0.121. The van der Waals surface area contributed by atoms with Crippen molar-refractivity contribution < 1.29 is 36.1 Å². The zero-order valence-electron chi connectivity index (χ0n) is 17.0. The average molecular weight is 471 g/mol. The van der Waals surface area contributed by atoms with Crippen LogP contribution in [-0.2, 0) is 14.4 Å². The summed E-state index contributed by atoms with van der Waals surface area (Å²) < 4.78 is 63.8. The van der Waals surface area contributed by atoms with E-state index in [1.165, 1.54) is 19.9 Å². The van der Waals surface area contributed by atoms with Crippen LogP contribution in [-0.4, -0.2) is 34.9 Å². The smallest absolute Gasteiger partial charge is 0.388 e. The summed E-state index contributed by atoms with van der Waals surface area (Å²) in [5, 5.41) is 2.66. The van der Waals surface area contributed by atoms with Crippen molar-refractivity contribution >= 4 is 35.2 Å². The lowest BCUT2D eigenvalue weighted by Gasteiger charge is -2.36. The van der Waals surface area contributed by atoms with Crippen molar-refractivity contribution in [3.8, 4) is 5.88 Å². The first-order valence-electron chi connectivity index (χ1n) is 9.35. The second kappa shape index (κ2) is 7.62. The second-order valence-corrected chi connectivity index (χ2v) is 9.30. The molecule has 2 amide bonds. The average Bonchev–Trinajstić information content (AvgIpc) is 2.86. The van der Waals surface area contributed by atoms with E-state index >= 15 is 0 Å². The highest BCUT2D eigenvalue weighted by Gasteiger charge is 2.47. The number of pyridine rings is 1.